The molecule has 0 aliphatic carbocycles. The fraction of sp³-hybridized carbons (Fsp3) is 0.333. The van der Waals surface area contributed by atoms with E-state index in [0.717, 1.165) is 48.4 Å². The molecule has 0 atom stereocenters. The van der Waals surface area contributed by atoms with Gasteiger partial charge in [0.05, 0.1) is 5.56 Å². The topological polar surface area (TPSA) is 49.4 Å². The van der Waals surface area contributed by atoms with Crippen molar-refractivity contribution in [2.75, 3.05) is 16.8 Å². The minimum atomic E-state index is -4.44. The maximum atomic E-state index is 12.6. The van der Waals surface area contributed by atoms with Crippen LogP contribution in [0.1, 0.15) is 47.7 Å². The molecule has 1 N–H and O–H groups in total. The molecule has 0 radical (unpaired) electrons. The minimum absolute atomic E-state index is 0.0995. The average molecular weight is 390 g/mol. The highest BCUT2D eigenvalue weighted by Gasteiger charge is 2.30. The van der Waals surface area contributed by atoms with Crippen LogP contribution in [0.4, 0.5) is 24.5 Å². The van der Waals surface area contributed by atoms with Gasteiger partial charge in [0.15, 0.2) is 0 Å². The van der Waals surface area contributed by atoms with Crippen molar-refractivity contribution in [1.29, 1.82) is 0 Å². The first-order chi connectivity index (χ1) is 13.3. The Labute approximate surface area is 161 Å². The lowest BCUT2D eigenvalue weighted by atomic mass is 10.00. The van der Waals surface area contributed by atoms with Crippen molar-refractivity contribution in [3.05, 3.63) is 59.2 Å². The van der Waals surface area contributed by atoms with Crippen molar-refractivity contribution < 1.29 is 22.8 Å². The largest absolute Gasteiger partial charge is 0.416 e. The molecule has 148 valence electrons. The Bertz CT molecular complexity index is 876. The molecule has 7 heteroatoms. The first-order valence-electron chi connectivity index (χ1n) is 9.21. The van der Waals surface area contributed by atoms with Crippen molar-refractivity contribution in [2.45, 2.75) is 38.8 Å². The van der Waals surface area contributed by atoms with Crippen molar-refractivity contribution in [3.63, 3.8) is 0 Å². The van der Waals surface area contributed by atoms with E-state index in [9.17, 15) is 22.8 Å². The molecule has 0 bridgehead atoms. The van der Waals surface area contributed by atoms with Gasteiger partial charge in [-0.15, -0.1) is 0 Å². The summed E-state index contributed by atoms with van der Waals surface area (Å²) in [5.74, 6) is -0.383. The quantitative estimate of drug-likeness (QED) is 0.778. The van der Waals surface area contributed by atoms with E-state index in [1.807, 2.05) is 12.1 Å². The number of amides is 2. The van der Waals surface area contributed by atoms with Crippen molar-refractivity contribution in [3.8, 4) is 0 Å². The Kier molecular flexibility index (Phi) is 5.72. The zero-order chi connectivity index (χ0) is 20.3. The fourth-order valence-corrected chi connectivity index (χ4v) is 3.21. The Morgan fingerprint density at radius 3 is 2.46 bits per heavy atom. The zero-order valence-corrected chi connectivity index (χ0v) is 15.5. The number of aryl methyl sites for hydroxylation is 1. The number of hydrogen-bond acceptors (Lipinski definition) is 2. The number of carbonyl (C=O) groups is 2. The molecular weight excluding hydrogens is 369 g/mol. The number of halogens is 3. The molecule has 1 aliphatic rings. The van der Waals surface area contributed by atoms with E-state index in [1.165, 1.54) is 0 Å². The van der Waals surface area contributed by atoms with Crippen molar-refractivity contribution >= 4 is 23.2 Å². The maximum absolute atomic E-state index is 12.6. The molecule has 0 saturated carbocycles. The third kappa shape index (κ3) is 4.35. The molecule has 2 amide bonds. The second kappa shape index (κ2) is 8.04. The van der Waals surface area contributed by atoms with Gasteiger partial charge in [-0.1, -0.05) is 13.3 Å². The summed E-state index contributed by atoms with van der Waals surface area (Å²) in [6.45, 7) is 2.73. The predicted octanol–water partition coefficient (Wildman–Crippen LogP) is 5.04. The van der Waals surface area contributed by atoms with Crippen LogP contribution in [-0.4, -0.2) is 18.4 Å². The van der Waals surface area contributed by atoms with E-state index in [-0.39, 0.29) is 11.5 Å². The number of unbranched alkanes of at least 4 members (excludes halogenated alkanes) is 1. The van der Waals surface area contributed by atoms with Crippen LogP contribution in [0.5, 0.6) is 0 Å². The number of rotatable bonds is 5. The van der Waals surface area contributed by atoms with Gasteiger partial charge < -0.3 is 10.2 Å². The molecule has 1 heterocycles. The molecule has 0 aromatic heterocycles. The van der Waals surface area contributed by atoms with E-state index in [2.05, 4.69) is 12.2 Å². The van der Waals surface area contributed by atoms with Crippen LogP contribution in [-0.2, 0) is 17.4 Å². The molecule has 1 aliphatic heterocycles. The second-order valence-electron chi connectivity index (χ2n) is 6.77. The molecule has 4 nitrogen and oxygen atoms in total. The molecule has 0 saturated heterocycles. The number of nitrogens with one attached hydrogen (secondary N) is 1. The van der Waals surface area contributed by atoms with Crippen LogP contribution in [0.15, 0.2) is 42.5 Å². The number of carbonyl (C=O) groups excluding carboxylic acids is 2. The van der Waals surface area contributed by atoms with Gasteiger partial charge in [-0.25, -0.2) is 0 Å². The third-order valence-corrected chi connectivity index (χ3v) is 4.75. The summed E-state index contributed by atoms with van der Waals surface area (Å²) in [6, 6.07) is 9.42. The summed E-state index contributed by atoms with van der Waals surface area (Å²) in [6.07, 6.45) is -1.51. The minimum Gasteiger partial charge on any atom is -0.322 e. The normalized spacial score (nSPS) is 14.0. The van der Waals surface area contributed by atoms with Gasteiger partial charge in [0.2, 0.25) is 5.91 Å². The van der Waals surface area contributed by atoms with E-state index in [4.69, 9.17) is 0 Å². The Morgan fingerprint density at radius 2 is 1.82 bits per heavy atom. The van der Waals surface area contributed by atoms with Gasteiger partial charge >= 0.3 is 6.18 Å². The van der Waals surface area contributed by atoms with Gasteiger partial charge in [-0.05, 0) is 60.9 Å². The van der Waals surface area contributed by atoms with E-state index in [0.29, 0.717) is 25.1 Å². The molecule has 0 unspecified atom stereocenters. The van der Waals surface area contributed by atoms with Crippen LogP contribution >= 0.6 is 0 Å². The lowest BCUT2D eigenvalue weighted by Gasteiger charge is -2.29. The SMILES string of the molecule is CCCCN1C(=O)CCc2cc(NC(=O)c3ccc(C(F)(F)F)cc3)ccc21. The highest BCUT2D eigenvalue weighted by Crippen LogP contribution is 2.31. The summed E-state index contributed by atoms with van der Waals surface area (Å²) in [5, 5.41) is 2.71. The summed E-state index contributed by atoms with van der Waals surface area (Å²) < 4.78 is 37.9. The molecule has 2 aromatic carbocycles. The van der Waals surface area contributed by atoms with Crippen LogP contribution < -0.4 is 10.2 Å². The fourth-order valence-electron chi connectivity index (χ4n) is 3.21. The van der Waals surface area contributed by atoms with Gasteiger partial charge in [0, 0.05) is 29.9 Å². The highest BCUT2D eigenvalue weighted by atomic mass is 19.4. The number of benzene rings is 2. The Morgan fingerprint density at radius 1 is 1.11 bits per heavy atom. The van der Waals surface area contributed by atoms with Gasteiger partial charge in [-0.3, -0.25) is 9.59 Å². The van der Waals surface area contributed by atoms with Gasteiger partial charge in [0.1, 0.15) is 0 Å². The molecule has 3 rings (SSSR count). The van der Waals surface area contributed by atoms with Crippen LogP contribution in [0.25, 0.3) is 0 Å². The van der Waals surface area contributed by atoms with Crippen LogP contribution in [0.2, 0.25) is 0 Å². The number of fused-ring (bicyclic) bond motifs is 1. The van der Waals surface area contributed by atoms with Gasteiger partial charge in [0.25, 0.3) is 5.91 Å². The molecule has 0 fully saturated rings. The third-order valence-electron chi connectivity index (χ3n) is 4.75. The first kappa shape index (κ1) is 19.9. The summed E-state index contributed by atoms with van der Waals surface area (Å²) >= 11 is 0. The van der Waals surface area contributed by atoms with Gasteiger partial charge in [-0.2, -0.15) is 13.2 Å². The van der Waals surface area contributed by atoms with Crippen molar-refractivity contribution in [1.82, 2.24) is 0 Å². The van der Waals surface area contributed by atoms with E-state index >= 15 is 0 Å². The number of hydrogen-bond donors (Lipinski definition) is 1. The zero-order valence-electron chi connectivity index (χ0n) is 15.5. The summed E-state index contributed by atoms with van der Waals surface area (Å²) in [4.78, 5) is 26.3. The van der Waals surface area contributed by atoms with E-state index < -0.39 is 17.6 Å². The average Bonchev–Trinajstić information content (AvgIpc) is 2.66. The number of nitrogens with zero attached hydrogens (tertiary/aromatic N) is 1. The highest BCUT2D eigenvalue weighted by molar-refractivity contribution is 6.04. The Balaban J connectivity index is 1.75. The smallest absolute Gasteiger partial charge is 0.322 e. The standard InChI is InChI=1S/C21H21F3N2O2/c1-2-3-12-26-18-10-9-17(13-15(18)6-11-19(26)27)25-20(28)14-4-7-16(8-5-14)21(22,23)24/h4-5,7-10,13H,2-3,6,11-12H2,1H3,(H,25,28). The molecule has 28 heavy (non-hydrogen) atoms. The monoisotopic (exact) mass is 390 g/mol. The Hall–Kier alpha value is -2.83. The van der Waals surface area contributed by atoms with Crippen molar-refractivity contribution in [2.24, 2.45) is 0 Å². The molecule has 0 spiro atoms. The van der Waals surface area contributed by atoms with Crippen LogP contribution in [0, 0.1) is 0 Å². The maximum Gasteiger partial charge on any atom is 0.416 e. The molecular formula is C21H21F3N2O2. The summed E-state index contributed by atoms with van der Waals surface area (Å²) in [5.41, 5.74) is 1.73. The first-order valence-corrected chi connectivity index (χ1v) is 9.21. The lowest BCUT2D eigenvalue weighted by molar-refractivity contribution is -0.137. The molecule has 2 aromatic rings. The summed E-state index contributed by atoms with van der Waals surface area (Å²) in [7, 11) is 0. The van der Waals surface area contributed by atoms with Crippen LogP contribution in [0.3, 0.4) is 0 Å². The number of alkyl halides is 3. The number of anilines is 2. The lowest BCUT2D eigenvalue weighted by Crippen LogP contribution is -2.35. The second-order valence-corrected chi connectivity index (χ2v) is 6.77. The van der Waals surface area contributed by atoms with E-state index in [1.54, 1.807) is 11.0 Å². The predicted molar refractivity (Wildman–Crippen MR) is 101 cm³/mol.